The molecule has 0 aliphatic rings. The van der Waals surface area contributed by atoms with Gasteiger partial charge in [-0.25, -0.2) is 9.78 Å². The van der Waals surface area contributed by atoms with Crippen LogP contribution in [0.25, 0.3) is 0 Å². The molecule has 140 valence electrons. The van der Waals surface area contributed by atoms with E-state index in [9.17, 15) is 4.79 Å². The zero-order valence-electron chi connectivity index (χ0n) is 15.2. The summed E-state index contributed by atoms with van der Waals surface area (Å²) in [5.41, 5.74) is 4.55. The minimum Gasteiger partial charge on any atom is -0.485 e. The Morgan fingerprint density at radius 3 is 2.70 bits per heavy atom. The van der Waals surface area contributed by atoms with Crippen molar-refractivity contribution >= 4 is 23.1 Å². The van der Waals surface area contributed by atoms with Crippen molar-refractivity contribution in [2.45, 2.75) is 32.4 Å². The van der Waals surface area contributed by atoms with Crippen LogP contribution in [-0.2, 0) is 13.0 Å². The maximum atomic E-state index is 12.3. The number of benzene rings is 2. The molecule has 0 radical (unpaired) electrons. The number of aryl methyl sites for hydroxylation is 1. The highest BCUT2D eigenvalue weighted by Crippen LogP contribution is 2.24. The van der Waals surface area contributed by atoms with E-state index in [1.807, 2.05) is 54.8 Å². The predicted molar refractivity (Wildman–Crippen MR) is 109 cm³/mol. The van der Waals surface area contributed by atoms with Gasteiger partial charge in [-0.2, -0.15) is 0 Å². The van der Waals surface area contributed by atoms with E-state index in [1.54, 1.807) is 5.51 Å². The molecule has 0 spiro atoms. The van der Waals surface area contributed by atoms with Crippen molar-refractivity contribution in [3.05, 3.63) is 76.7 Å². The Labute approximate surface area is 163 Å². The molecule has 2 amide bonds. The van der Waals surface area contributed by atoms with Gasteiger partial charge < -0.3 is 15.4 Å². The fraction of sp³-hybridized carbons (Fsp3) is 0.238. The first-order chi connectivity index (χ1) is 13.2. The number of nitrogens with zero attached hydrogens (tertiary/aromatic N) is 1. The normalized spacial score (nSPS) is 11.6. The molecule has 3 aromatic rings. The van der Waals surface area contributed by atoms with Crippen LogP contribution in [0.1, 0.15) is 24.6 Å². The van der Waals surface area contributed by atoms with Gasteiger partial charge in [-0.05, 0) is 37.5 Å². The van der Waals surface area contributed by atoms with Crippen LogP contribution in [0.15, 0.2) is 65.5 Å². The highest BCUT2D eigenvalue weighted by atomic mass is 32.1. The molecule has 27 heavy (non-hydrogen) atoms. The number of aromatic nitrogens is 1. The Balaban J connectivity index is 1.49. The standard InChI is InChI=1S/C21H23N3O2S/c1-16(11-12-17-7-3-2-4-8-17)23-21(25)24-19-9-5-6-10-20(19)26-13-18-14-27-15-22-18/h2-10,14-16H,11-13H2,1H3,(H2,23,24,25)/t16-/m1/s1. The Morgan fingerprint density at radius 2 is 1.93 bits per heavy atom. The lowest BCUT2D eigenvalue weighted by Gasteiger charge is -2.16. The second-order valence-electron chi connectivity index (χ2n) is 6.29. The van der Waals surface area contributed by atoms with E-state index in [0.717, 1.165) is 18.5 Å². The lowest BCUT2D eigenvalue weighted by atomic mass is 10.1. The number of anilines is 1. The lowest BCUT2D eigenvalue weighted by Crippen LogP contribution is -2.36. The summed E-state index contributed by atoms with van der Waals surface area (Å²) in [6.07, 6.45) is 1.80. The molecule has 0 unspecified atom stereocenters. The number of carbonyl (C=O) groups is 1. The van der Waals surface area contributed by atoms with Crippen molar-refractivity contribution < 1.29 is 9.53 Å². The van der Waals surface area contributed by atoms with Gasteiger partial charge in [-0.3, -0.25) is 0 Å². The van der Waals surface area contributed by atoms with E-state index >= 15 is 0 Å². The molecule has 2 N–H and O–H groups in total. The molecule has 1 atom stereocenters. The minimum absolute atomic E-state index is 0.0632. The fourth-order valence-corrected chi connectivity index (χ4v) is 3.18. The van der Waals surface area contributed by atoms with Gasteiger partial charge in [0.25, 0.3) is 0 Å². The van der Waals surface area contributed by atoms with Crippen LogP contribution >= 0.6 is 11.3 Å². The Kier molecular flexibility index (Phi) is 6.82. The number of carbonyl (C=O) groups excluding carboxylic acids is 1. The maximum Gasteiger partial charge on any atom is 0.319 e. The molecule has 2 aromatic carbocycles. The summed E-state index contributed by atoms with van der Waals surface area (Å²) in [6, 6.07) is 17.5. The number of ether oxygens (including phenoxy) is 1. The number of hydrogen-bond acceptors (Lipinski definition) is 4. The zero-order chi connectivity index (χ0) is 18.9. The molecule has 0 aliphatic carbocycles. The molecule has 0 aliphatic heterocycles. The highest BCUT2D eigenvalue weighted by molar-refractivity contribution is 7.07. The third kappa shape index (κ3) is 6.11. The third-order valence-corrected chi connectivity index (χ3v) is 4.72. The van der Waals surface area contributed by atoms with Crippen LogP contribution in [0, 0.1) is 0 Å². The molecule has 3 rings (SSSR count). The van der Waals surface area contributed by atoms with Crippen molar-refractivity contribution in [3.63, 3.8) is 0 Å². The van der Waals surface area contributed by atoms with Gasteiger partial charge in [0.1, 0.15) is 12.4 Å². The molecule has 6 heteroatoms. The smallest absolute Gasteiger partial charge is 0.319 e. The summed E-state index contributed by atoms with van der Waals surface area (Å²) in [5.74, 6) is 0.623. The van der Waals surface area contributed by atoms with Gasteiger partial charge in [-0.15, -0.1) is 11.3 Å². The molecule has 0 bridgehead atoms. The van der Waals surface area contributed by atoms with Gasteiger partial charge in [0, 0.05) is 11.4 Å². The van der Waals surface area contributed by atoms with E-state index in [-0.39, 0.29) is 12.1 Å². The maximum absolute atomic E-state index is 12.3. The molecule has 1 heterocycles. The molecule has 0 saturated heterocycles. The van der Waals surface area contributed by atoms with Gasteiger partial charge in [-0.1, -0.05) is 42.5 Å². The summed E-state index contributed by atoms with van der Waals surface area (Å²) >= 11 is 1.53. The molecule has 5 nitrogen and oxygen atoms in total. The Hall–Kier alpha value is -2.86. The highest BCUT2D eigenvalue weighted by Gasteiger charge is 2.11. The average Bonchev–Trinajstić information content (AvgIpc) is 3.20. The minimum atomic E-state index is -0.236. The van der Waals surface area contributed by atoms with Gasteiger partial charge in [0.15, 0.2) is 0 Å². The van der Waals surface area contributed by atoms with Crippen molar-refractivity contribution in [2.75, 3.05) is 5.32 Å². The van der Waals surface area contributed by atoms with Crippen LogP contribution in [0.5, 0.6) is 5.75 Å². The SMILES string of the molecule is C[C@H](CCc1ccccc1)NC(=O)Nc1ccccc1OCc1cscn1. The number of hydrogen-bond donors (Lipinski definition) is 2. The van der Waals surface area contributed by atoms with E-state index in [1.165, 1.54) is 16.9 Å². The third-order valence-electron chi connectivity index (χ3n) is 4.08. The van der Waals surface area contributed by atoms with E-state index in [4.69, 9.17) is 4.74 Å². The number of urea groups is 1. The van der Waals surface area contributed by atoms with Crippen LogP contribution in [0.4, 0.5) is 10.5 Å². The zero-order valence-corrected chi connectivity index (χ0v) is 16.0. The predicted octanol–water partition coefficient (Wildman–Crippen LogP) is 4.86. The number of para-hydroxylation sites is 2. The Bertz CT molecular complexity index is 838. The molecule has 0 saturated carbocycles. The van der Waals surface area contributed by atoms with Crippen LogP contribution < -0.4 is 15.4 Å². The van der Waals surface area contributed by atoms with Crippen molar-refractivity contribution in [2.24, 2.45) is 0 Å². The monoisotopic (exact) mass is 381 g/mol. The van der Waals surface area contributed by atoms with Crippen LogP contribution in [-0.4, -0.2) is 17.1 Å². The van der Waals surface area contributed by atoms with Crippen molar-refractivity contribution in [3.8, 4) is 5.75 Å². The second kappa shape index (κ2) is 9.73. The lowest BCUT2D eigenvalue weighted by molar-refractivity contribution is 0.248. The largest absolute Gasteiger partial charge is 0.485 e. The summed E-state index contributed by atoms with van der Waals surface area (Å²) < 4.78 is 5.79. The topological polar surface area (TPSA) is 63.2 Å². The molecule has 0 fully saturated rings. The summed E-state index contributed by atoms with van der Waals surface area (Å²) in [7, 11) is 0. The second-order valence-corrected chi connectivity index (χ2v) is 7.01. The first kappa shape index (κ1) is 18.9. The quantitative estimate of drug-likeness (QED) is 0.585. The fourth-order valence-electron chi connectivity index (χ4n) is 2.64. The van der Waals surface area contributed by atoms with Gasteiger partial charge in [0.05, 0.1) is 16.9 Å². The van der Waals surface area contributed by atoms with Gasteiger partial charge >= 0.3 is 6.03 Å². The Morgan fingerprint density at radius 1 is 1.15 bits per heavy atom. The van der Waals surface area contributed by atoms with E-state index < -0.39 is 0 Å². The molecular weight excluding hydrogens is 358 g/mol. The van der Waals surface area contributed by atoms with E-state index in [0.29, 0.717) is 18.0 Å². The number of amides is 2. The number of nitrogens with one attached hydrogen (secondary N) is 2. The number of rotatable bonds is 8. The summed E-state index contributed by atoms with van der Waals surface area (Å²) in [4.78, 5) is 16.5. The van der Waals surface area contributed by atoms with Crippen molar-refractivity contribution in [1.82, 2.24) is 10.3 Å². The number of thiazole rings is 1. The van der Waals surface area contributed by atoms with Gasteiger partial charge in [0.2, 0.25) is 0 Å². The van der Waals surface area contributed by atoms with Crippen molar-refractivity contribution in [1.29, 1.82) is 0 Å². The first-order valence-electron chi connectivity index (χ1n) is 8.91. The summed E-state index contributed by atoms with van der Waals surface area (Å²) in [6.45, 7) is 2.38. The summed E-state index contributed by atoms with van der Waals surface area (Å²) in [5, 5.41) is 7.80. The molecular formula is C21H23N3O2S. The molecule has 1 aromatic heterocycles. The van der Waals surface area contributed by atoms with Crippen LogP contribution in [0.3, 0.4) is 0 Å². The average molecular weight is 382 g/mol. The van der Waals surface area contributed by atoms with E-state index in [2.05, 4.69) is 27.8 Å². The first-order valence-corrected chi connectivity index (χ1v) is 9.85. The van der Waals surface area contributed by atoms with Crippen LogP contribution in [0.2, 0.25) is 0 Å².